The summed E-state index contributed by atoms with van der Waals surface area (Å²) < 4.78 is 5.47. The van der Waals surface area contributed by atoms with E-state index >= 15 is 0 Å². The lowest BCUT2D eigenvalue weighted by atomic mass is 10.2. The third-order valence-electron chi connectivity index (χ3n) is 2.23. The molecule has 0 aliphatic rings. The van der Waals surface area contributed by atoms with Gasteiger partial charge in [-0.2, -0.15) is 0 Å². The second-order valence-corrected chi connectivity index (χ2v) is 5.06. The standard InChI is InChI=1S/C11H14BrClN2O3/c1-15(5-8(16)6-18-2)11(17)9-3-7(12)4-14-10(9)13/h3-4,8,16H,5-6H2,1-2H3/t8-/m1/s1. The molecule has 7 heteroatoms. The average Bonchev–Trinajstić information content (AvgIpc) is 2.31. The summed E-state index contributed by atoms with van der Waals surface area (Å²) in [6, 6.07) is 1.59. The van der Waals surface area contributed by atoms with Gasteiger partial charge in [0.15, 0.2) is 0 Å². The van der Waals surface area contributed by atoms with Crippen LogP contribution in [-0.2, 0) is 4.74 Å². The number of hydrogen-bond donors (Lipinski definition) is 1. The van der Waals surface area contributed by atoms with E-state index in [0.29, 0.717) is 4.47 Å². The summed E-state index contributed by atoms with van der Waals surface area (Å²) in [5.41, 5.74) is 0.290. The highest BCUT2D eigenvalue weighted by atomic mass is 79.9. The number of methoxy groups -OCH3 is 1. The molecule has 0 unspecified atom stereocenters. The minimum absolute atomic E-state index is 0.135. The van der Waals surface area contributed by atoms with E-state index in [1.54, 1.807) is 13.1 Å². The fraction of sp³-hybridized carbons (Fsp3) is 0.455. The number of halogens is 2. The summed E-state index contributed by atoms with van der Waals surface area (Å²) in [4.78, 5) is 17.3. The Hall–Kier alpha value is -0.690. The Morgan fingerprint density at radius 3 is 3.00 bits per heavy atom. The molecule has 1 heterocycles. The zero-order chi connectivity index (χ0) is 13.7. The largest absolute Gasteiger partial charge is 0.389 e. The fourth-order valence-electron chi connectivity index (χ4n) is 1.42. The van der Waals surface area contributed by atoms with Crippen molar-refractivity contribution in [2.24, 2.45) is 0 Å². The third-order valence-corrected chi connectivity index (χ3v) is 2.96. The Morgan fingerprint density at radius 2 is 2.39 bits per heavy atom. The molecular weight excluding hydrogens is 323 g/mol. The van der Waals surface area contributed by atoms with E-state index in [9.17, 15) is 9.90 Å². The molecule has 1 aromatic rings. The van der Waals surface area contributed by atoms with Crippen molar-refractivity contribution < 1.29 is 14.6 Å². The molecule has 0 radical (unpaired) electrons. The summed E-state index contributed by atoms with van der Waals surface area (Å²) in [5, 5.41) is 9.70. The predicted octanol–water partition coefficient (Wildman–Crippen LogP) is 1.58. The minimum Gasteiger partial charge on any atom is -0.389 e. The number of likely N-dealkylation sites (N-methyl/N-ethyl adjacent to an activating group) is 1. The first-order valence-corrected chi connectivity index (χ1v) is 6.36. The van der Waals surface area contributed by atoms with Crippen LogP contribution in [0.5, 0.6) is 0 Å². The Balaban J connectivity index is 2.77. The van der Waals surface area contributed by atoms with Crippen LogP contribution in [0.25, 0.3) is 0 Å². The molecule has 1 N–H and O–H groups in total. The molecule has 0 bridgehead atoms. The van der Waals surface area contributed by atoms with Crippen molar-refractivity contribution in [1.82, 2.24) is 9.88 Å². The van der Waals surface area contributed by atoms with Gasteiger partial charge in [-0.1, -0.05) is 11.6 Å². The van der Waals surface area contributed by atoms with Crippen LogP contribution >= 0.6 is 27.5 Å². The smallest absolute Gasteiger partial charge is 0.256 e. The van der Waals surface area contributed by atoms with Crippen molar-refractivity contribution in [2.75, 3.05) is 27.3 Å². The molecule has 1 amide bonds. The van der Waals surface area contributed by atoms with Crippen molar-refractivity contribution in [3.05, 3.63) is 27.5 Å². The number of hydrogen-bond acceptors (Lipinski definition) is 4. The number of carbonyl (C=O) groups is 1. The Bertz CT molecular complexity index is 431. The normalized spacial score (nSPS) is 12.3. The molecule has 0 spiro atoms. The monoisotopic (exact) mass is 336 g/mol. The lowest BCUT2D eigenvalue weighted by Gasteiger charge is -2.20. The summed E-state index contributed by atoms with van der Waals surface area (Å²) >= 11 is 9.09. The summed E-state index contributed by atoms with van der Waals surface area (Å²) in [5.74, 6) is -0.302. The van der Waals surface area contributed by atoms with Gasteiger partial charge in [-0.15, -0.1) is 0 Å². The molecule has 0 aliphatic heterocycles. The second kappa shape index (κ2) is 7.04. The Labute approximate surface area is 119 Å². The topological polar surface area (TPSA) is 62.7 Å². The SMILES string of the molecule is COC[C@H](O)CN(C)C(=O)c1cc(Br)cnc1Cl. The molecule has 0 aliphatic carbocycles. The van der Waals surface area contributed by atoms with E-state index in [2.05, 4.69) is 20.9 Å². The van der Waals surface area contributed by atoms with Crippen LogP contribution < -0.4 is 0 Å². The van der Waals surface area contributed by atoms with E-state index < -0.39 is 6.10 Å². The van der Waals surface area contributed by atoms with Crippen molar-refractivity contribution in [3.8, 4) is 0 Å². The van der Waals surface area contributed by atoms with Gasteiger partial charge in [0.25, 0.3) is 5.91 Å². The molecule has 0 aromatic carbocycles. The highest BCUT2D eigenvalue weighted by Gasteiger charge is 2.18. The number of carbonyl (C=O) groups excluding carboxylic acids is 1. The summed E-state index contributed by atoms with van der Waals surface area (Å²) in [6.45, 7) is 0.331. The van der Waals surface area contributed by atoms with Gasteiger partial charge in [-0.05, 0) is 22.0 Å². The number of nitrogens with zero attached hydrogens (tertiary/aromatic N) is 2. The van der Waals surface area contributed by atoms with E-state index in [1.165, 1.54) is 18.2 Å². The number of aromatic nitrogens is 1. The highest BCUT2D eigenvalue weighted by molar-refractivity contribution is 9.10. The van der Waals surface area contributed by atoms with Gasteiger partial charge >= 0.3 is 0 Å². The summed E-state index contributed by atoms with van der Waals surface area (Å²) in [6.07, 6.45) is 0.779. The van der Waals surface area contributed by atoms with Crippen molar-refractivity contribution in [1.29, 1.82) is 0 Å². The first-order chi connectivity index (χ1) is 8.45. The van der Waals surface area contributed by atoms with Crippen LogP contribution in [0.2, 0.25) is 5.15 Å². The first-order valence-electron chi connectivity index (χ1n) is 5.19. The van der Waals surface area contributed by atoms with E-state index in [4.69, 9.17) is 16.3 Å². The Kier molecular flexibility index (Phi) is 6.01. The first kappa shape index (κ1) is 15.4. The van der Waals surface area contributed by atoms with Crippen LogP contribution in [0.4, 0.5) is 0 Å². The fourth-order valence-corrected chi connectivity index (χ4v) is 1.94. The van der Waals surface area contributed by atoms with E-state index in [-0.39, 0.29) is 29.8 Å². The maximum Gasteiger partial charge on any atom is 0.256 e. The molecule has 1 rings (SSSR count). The quantitative estimate of drug-likeness (QED) is 0.829. The molecule has 1 aromatic heterocycles. The van der Waals surface area contributed by atoms with Gasteiger partial charge in [-0.25, -0.2) is 4.98 Å². The average molecular weight is 338 g/mol. The molecule has 100 valence electrons. The zero-order valence-electron chi connectivity index (χ0n) is 10.1. The van der Waals surface area contributed by atoms with Gasteiger partial charge in [0.2, 0.25) is 0 Å². The molecule has 0 saturated carbocycles. The van der Waals surface area contributed by atoms with Crippen LogP contribution in [0.1, 0.15) is 10.4 Å². The third kappa shape index (κ3) is 4.20. The predicted molar refractivity (Wildman–Crippen MR) is 71.8 cm³/mol. The van der Waals surface area contributed by atoms with Crippen molar-refractivity contribution in [2.45, 2.75) is 6.10 Å². The molecular formula is C11H14BrClN2O3. The van der Waals surface area contributed by atoms with Crippen molar-refractivity contribution in [3.63, 3.8) is 0 Å². The van der Waals surface area contributed by atoms with Gasteiger partial charge in [-0.3, -0.25) is 4.79 Å². The van der Waals surface area contributed by atoms with Crippen LogP contribution in [0.3, 0.4) is 0 Å². The number of aliphatic hydroxyl groups excluding tert-OH is 1. The molecule has 18 heavy (non-hydrogen) atoms. The van der Waals surface area contributed by atoms with Gasteiger partial charge in [0.05, 0.1) is 18.3 Å². The summed E-state index contributed by atoms with van der Waals surface area (Å²) in [7, 11) is 3.07. The van der Waals surface area contributed by atoms with E-state index in [0.717, 1.165) is 0 Å². The van der Waals surface area contributed by atoms with Crippen LogP contribution in [0.15, 0.2) is 16.7 Å². The maximum absolute atomic E-state index is 12.1. The molecule has 0 fully saturated rings. The second-order valence-electron chi connectivity index (χ2n) is 3.79. The van der Waals surface area contributed by atoms with Crippen LogP contribution in [0, 0.1) is 0 Å². The Morgan fingerprint density at radius 1 is 1.72 bits per heavy atom. The number of amides is 1. The van der Waals surface area contributed by atoms with E-state index in [1.807, 2.05) is 0 Å². The lowest BCUT2D eigenvalue weighted by molar-refractivity contribution is 0.0380. The van der Waals surface area contributed by atoms with Gasteiger partial charge < -0.3 is 14.7 Å². The van der Waals surface area contributed by atoms with Gasteiger partial charge in [0, 0.05) is 31.4 Å². The maximum atomic E-state index is 12.1. The minimum atomic E-state index is -0.733. The molecule has 1 atom stereocenters. The van der Waals surface area contributed by atoms with Crippen molar-refractivity contribution >= 4 is 33.4 Å². The highest BCUT2D eigenvalue weighted by Crippen LogP contribution is 2.19. The number of aliphatic hydroxyl groups is 1. The van der Waals surface area contributed by atoms with Crippen LogP contribution in [-0.4, -0.2) is 54.3 Å². The zero-order valence-corrected chi connectivity index (χ0v) is 12.4. The number of ether oxygens (including phenoxy) is 1. The lowest BCUT2D eigenvalue weighted by Crippen LogP contribution is -2.36. The van der Waals surface area contributed by atoms with Gasteiger partial charge in [0.1, 0.15) is 5.15 Å². The number of rotatable bonds is 5. The molecule has 5 nitrogen and oxygen atoms in total. The number of pyridine rings is 1. The molecule has 0 saturated heterocycles.